The van der Waals surface area contributed by atoms with Gasteiger partial charge < -0.3 is 15.5 Å². The molecule has 17 heavy (non-hydrogen) atoms. The Kier molecular flexibility index (Phi) is 2.42. The first-order valence-electron chi connectivity index (χ1n) is 6.06. The molecule has 1 aliphatic carbocycles. The van der Waals surface area contributed by atoms with Crippen molar-refractivity contribution in [1.82, 2.24) is 5.32 Å². The number of phenolic OH excluding ortho intramolecular Hbond substituents is 2. The van der Waals surface area contributed by atoms with Gasteiger partial charge in [0.15, 0.2) is 11.5 Å². The number of aromatic hydroxyl groups is 2. The quantitative estimate of drug-likeness (QED) is 0.637. The zero-order chi connectivity index (χ0) is 11.8. The van der Waals surface area contributed by atoms with Crippen molar-refractivity contribution in [2.75, 3.05) is 13.1 Å². The molecule has 0 saturated heterocycles. The summed E-state index contributed by atoms with van der Waals surface area (Å²) in [7, 11) is 0. The van der Waals surface area contributed by atoms with Crippen molar-refractivity contribution < 1.29 is 10.2 Å². The van der Waals surface area contributed by atoms with E-state index in [4.69, 9.17) is 0 Å². The Hall–Kier alpha value is -1.71. The molecular weight excluding hydrogens is 216 g/mol. The molecule has 0 bridgehead atoms. The molecule has 1 unspecified atom stereocenters. The Morgan fingerprint density at radius 2 is 2.18 bits per heavy atom. The number of benzene rings is 1. The monoisotopic (exact) mass is 232 g/mol. The van der Waals surface area contributed by atoms with Crippen LogP contribution < -0.4 is 5.32 Å². The molecule has 4 heteroatoms. The summed E-state index contributed by atoms with van der Waals surface area (Å²) < 4.78 is 0. The van der Waals surface area contributed by atoms with E-state index in [9.17, 15) is 10.2 Å². The highest BCUT2D eigenvalue weighted by molar-refractivity contribution is 5.86. The van der Waals surface area contributed by atoms with Crippen LogP contribution in [0.3, 0.4) is 0 Å². The lowest BCUT2D eigenvalue weighted by Gasteiger charge is -2.25. The molecule has 3 N–H and O–H groups in total. The van der Waals surface area contributed by atoms with E-state index in [1.54, 1.807) is 6.07 Å². The Bertz CT molecular complexity index is 483. The smallest absolute Gasteiger partial charge is 0.160 e. The van der Waals surface area contributed by atoms with Crippen molar-refractivity contribution in [2.45, 2.75) is 19.3 Å². The van der Waals surface area contributed by atoms with Gasteiger partial charge in [-0.2, -0.15) is 0 Å². The molecule has 0 aromatic heterocycles. The molecule has 0 fully saturated rings. The van der Waals surface area contributed by atoms with Gasteiger partial charge in [-0.15, -0.1) is 0 Å². The minimum absolute atomic E-state index is 0.0152. The number of hydrogen-bond donors (Lipinski definition) is 3. The number of nitrogens with one attached hydrogen (secondary N) is 1. The zero-order valence-corrected chi connectivity index (χ0v) is 9.61. The van der Waals surface area contributed by atoms with E-state index >= 15 is 0 Å². The van der Waals surface area contributed by atoms with Gasteiger partial charge in [0.05, 0.1) is 12.4 Å². The highest BCUT2D eigenvalue weighted by Crippen LogP contribution is 2.37. The highest BCUT2D eigenvalue weighted by Gasteiger charge is 2.26. The van der Waals surface area contributed by atoms with Crippen LogP contribution in [0.4, 0.5) is 0 Å². The number of nitrogens with zero attached hydrogens (tertiary/aromatic N) is 1. The van der Waals surface area contributed by atoms with Gasteiger partial charge in [-0.1, -0.05) is 6.07 Å². The molecule has 1 aliphatic heterocycles. The third-order valence-electron chi connectivity index (χ3n) is 3.65. The van der Waals surface area contributed by atoms with Crippen LogP contribution in [0.15, 0.2) is 17.1 Å². The van der Waals surface area contributed by atoms with Crippen LogP contribution in [0.5, 0.6) is 11.5 Å². The first-order chi connectivity index (χ1) is 8.25. The zero-order valence-electron chi connectivity index (χ0n) is 9.61. The highest BCUT2D eigenvalue weighted by atomic mass is 16.3. The first-order valence-corrected chi connectivity index (χ1v) is 6.06. The second-order valence-electron chi connectivity index (χ2n) is 4.70. The number of aliphatic imine (C=N–C) groups is 1. The summed E-state index contributed by atoms with van der Waals surface area (Å²) in [4.78, 5) is 4.47. The van der Waals surface area contributed by atoms with Crippen molar-refractivity contribution in [1.29, 1.82) is 0 Å². The minimum Gasteiger partial charge on any atom is -0.504 e. The molecule has 90 valence electrons. The summed E-state index contributed by atoms with van der Waals surface area (Å²) in [6.07, 6.45) is 2.69. The Labute approximate surface area is 100 Å². The minimum atomic E-state index is -0.0152. The van der Waals surface area contributed by atoms with Crippen LogP contribution in [-0.2, 0) is 12.8 Å². The van der Waals surface area contributed by atoms with Gasteiger partial charge in [-0.25, -0.2) is 0 Å². The van der Waals surface area contributed by atoms with Crippen LogP contribution in [0.2, 0.25) is 0 Å². The summed E-state index contributed by atoms with van der Waals surface area (Å²) >= 11 is 0. The van der Waals surface area contributed by atoms with Gasteiger partial charge in [0.25, 0.3) is 0 Å². The predicted octanol–water partition coefficient (Wildman–Crippen LogP) is 1.20. The summed E-state index contributed by atoms with van der Waals surface area (Å²) in [5.41, 5.74) is 2.03. The van der Waals surface area contributed by atoms with Gasteiger partial charge in [0.1, 0.15) is 0 Å². The lowest BCUT2D eigenvalue weighted by molar-refractivity contribution is 0.394. The maximum Gasteiger partial charge on any atom is 0.160 e. The van der Waals surface area contributed by atoms with Crippen LogP contribution in [0, 0.1) is 5.92 Å². The van der Waals surface area contributed by atoms with Gasteiger partial charge in [0, 0.05) is 18.0 Å². The van der Waals surface area contributed by atoms with E-state index in [2.05, 4.69) is 10.3 Å². The second-order valence-corrected chi connectivity index (χ2v) is 4.70. The number of rotatable bonds is 1. The maximum absolute atomic E-state index is 9.80. The first kappa shape index (κ1) is 10.4. The summed E-state index contributed by atoms with van der Waals surface area (Å²) in [5, 5.41) is 22.6. The number of fused-ring (bicyclic) bond motifs is 1. The molecule has 0 radical (unpaired) electrons. The van der Waals surface area contributed by atoms with Crippen LogP contribution in [-0.4, -0.2) is 29.1 Å². The Morgan fingerprint density at radius 3 is 2.94 bits per heavy atom. The van der Waals surface area contributed by atoms with Gasteiger partial charge in [0.2, 0.25) is 0 Å². The van der Waals surface area contributed by atoms with Gasteiger partial charge in [-0.05, 0) is 30.9 Å². The van der Waals surface area contributed by atoms with Crippen LogP contribution >= 0.6 is 0 Å². The summed E-state index contributed by atoms with van der Waals surface area (Å²) in [6.45, 7) is 1.82. The predicted molar refractivity (Wildman–Crippen MR) is 65.6 cm³/mol. The molecule has 1 aromatic rings. The third kappa shape index (κ3) is 1.73. The summed E-state index contributed by atoms with van der Waals surface area (Å²) in [6, 6.07) is 3.48. The lowest BCUT2D eigenvalue weighted by Crippen LogP contribution is -2.31. The molecular formula is C13H16N2O2. The van der Waals surface area contributed by atoms with E-state index in [0.717, 1.165) is 49.3 Å². The van der Waals surface area contributed by atoms with E-state index in [1.807, 2.05) is 6.07 Å². The summed E-state index contributed by atoms with van der Waals surface area (Å²) in [5.74, 6) is 1.60. The fourth-order valence-corrected chi connectivity index (χ4v) is 2.75. The largest absolute Gasteiger partial charge is 0.504 e. The maximum atomic E-state index is 9.80. The van der Waals surface area contributed by atoms with E-state index in [-0.39, 0.29) is 11.5 Å². The number of hydrogen-bond acceptors (Lipinski definition) is 4. The fourth-order valence-electron chi connectivity index (χ4n) is 2.75. The Balaban J connectivity index is 1.88. The number of amidine groups is 1. The number of phenols is 2. The second kappa shape index (κ2) is 3.95. The standard InChI is InChI=1S/C13H16N2O2/c16-11-4-2-8-7-9(13-14-5-6-15-13)1-3-10(8)12(11)17/h2,4,9,16-17H,1,3,5-7H2,(H,14,15). The average molecular weight is 232 g/mol. The third-order valence-corrected chi connectivity index (χ3v) is 3.65. The molecule has 0 amide bonds. The van der Waals surface area contributed by atoms with Crippen molar-refractivity contribution in [3.63, 3.8) is 0 Å². The van der Waals surface area contributed by atoms with Crippen molar-refractivity contribution in [3.05, 3.63) is 23.3 Å². The molecule has 4 nitrogen and oxygen atoms in total. The van der Waals surface area contributed by atoms with Crippen LogP contribution in [0.25, 0.3) is 0 Å². The van der Waals surface area contributed by atoms with Gasteiger partial charge in [-0.3, -0.25) is 4.99 Å². The van der Waals surface area contributed by atoms with Crippen molar-refractivity contribution >= 4 is 5.84 Å². The van der Waals surface area contributed by atoms with E-state index < -0.39 is 0 Å². The van der Waals surface area contributed by atoms with Crippen molar-refractivity contribution in [2.24, 2.45) is 10.9 Å². The fraction of sp³-hybridized carbons (Fsp3) is 0.462. The molecule has 0 spiro atoms. The Morgan fingerprint density at radius 1 is 1.29 bits per heavy atom. The molecule has 1 aromatic carbocycles. The molecule has 1 heterocycles. The lowest BCUT2D eigenvalue weighted by atomic mass is 9.82. The van der Waals surface area contributed by atoms with Gasteiger partial charge >= 0.3 is 0 Å². The normalized spacial score (nSPS) is 22.8. The van der Waals surface area contributed by atoms with Crippen molar-refractivity contribution in [3.8, 4) is 11.5 Å². The SMILES string of the molecule is Oc1ccc2c(c1O)CCC(C1=NCCN1)C2. The van der Waals surface area contributed by atoms with E-state index in [1.165, 1.54) is 0 Å². The average Bonchev–Trinajstić information content (AvgIpc) is 2.87. The van der Waals surface area contributed by atoms with E-state index in [0.29, 0.717) is 5.92 Å². The molecule has 0 saturated carbocycles. The topological polar surface area (TPSA) is 64.8 Å². The molecule has 2 aliphatic rings. The van der Waals surface area contributed by atoms with Crippen LogP contribution in [0.1, 0.15) is 17.5 Å². The molecule has 1 atom stereocenters. The molecule has 3 rings (SSSR count).